The van der Waals surface area contributed by atoms with Gasteiger partial charge in [-0.1, -0.05) is 0 Å². The van der Waals surface area contributed by atoms with Gasteiger partial charge in [0.05, 0.1) is 11.4 Å². The number of halogens is 4. The fraction of sp³-hybridized carbons (Fsp3) is 0.385. The van der Waals surface area contributed by atoms with Crippen LogP contribution in [0.25, 0.3) is 33.2 Å². The molecule has 34 heavy (non-hydrogen) atoms. The van der Waals surface area contributed by atoms with E-state index in [1.54, 1.807) is 12.1 Å². The van der Waals surface area contributed by atoms with Crippen molar-refractivity contribution in [1.82, 2.24) is 20.6 Å². The molecule has 2 fully saturated rings. The average Bonchev–Trinajstić information content (AvgIpc) is 3.56. The van der Waals surface area contributed by atoms with Gasteiger partial charge in [-0.2, -0.15) is 0 Å². The van der Waals surface area contributed by atoms with Gasteiger partial charge in [0.15, 0.2) is 0 Å². The highest BCUT2D eigenvalue weighted by atomic mass is 19.1. The fourth-order valence-corrected chi connectivity index (χ4v) is 5.65. The summed E-state index contributed by atoms with van der Waals surface area (Å²) in [6.07, 6.45) is 0.205. The van der Waals surface area contributed by atoms with Gasteiger partial charge in [0.1, 0.15) is 24.0 Å². The lowest BCUT2D eigenvalue weighted by atomic mass is 9.95. The number of rotatable bonds is 5. The molecule has 0 saturated carbocycles. The molecule has 2 aliphatic rings. The van der Waals surface area contributed by atoms with Crippen LogP contribution < -0.4 is 10.6 Å². The van der Waals surface area contributed by atoms with E-state index < -0.39 is 12.3 Å². The minimum Gasteiger partial charge on any atom is -0.353 e. The maximum absolute atomic E-state index is 14.1. The molecule has 0 amide bonds. The van der Waals surface area contributed by atoms with Crippen LogP contribution in [-0.2, 0) is 12.8 Å². The number of aromatic amines is 2. The fourth-order valence-electron chi connectivity index (χ4n) is 5.65. The molecule has 2 aromatic heterocycles. The Morgan fingerprint density at radius 3 is 1.50 bits per heavy atom. The van der Waals surface area contributed by atoms with Crippen molar-refractivity contribution in [2.24, 2.45) is 0 Å². The molecule has 0 spiro atoms. The lowest BCUT2D eigenvalue weighted by Crippen LogP contribution is -2.24. The Morgan fingerprint density at radius 1 is 0.676 bits per heavy atom. The topological polar surface area (TPSA) is 55.6 Å². The number of hydrogen-bond acceptors (Lipinski definition) is 2. The van der Waals surface area contributed by atoms with Crippen LogP contribution in [0.5, 0.6) is 0 Å². The maximum atomic E-state index is 14.1. The van der Waals surface area contributed by atoms with Crippen LogP contribution in [0.1, 0.15) is 24.0 Å². The molecule has 4 heterocycles. The zero-order chi connectivity index (χ0) is 23.4. The number of H-pyrrole nitrogens is 2. The van der Waals surface area contributed by atoms with Gasteiger partial charge in [0.25, 0.3) is 0 Å². The van der Waals surface area contributed by atoms with Crippen molar-refractivity contribution >= 4 is 21.8 Å². The lowest BCUT2D eigenvalue weighted by Gasteiger charge is -2.14. The Balaban J connectivity index is 1.51. The molecule has 0 unspecified atom stereocenters. The molecule has 0 aliphatic carbocycles. The van der Waals surface area contributed by atoms with Gasteiger partial charge >= 0.3 is 0 Å². The van der Waals surface area contributed by atoms with Crippen LogP contribution in [0, 0.1) is 11.6 Å². The Bertz CT molecular complexity index is 1260. The zero-order valence-electron chi connectivity index (χ0n) is 18.5. The molecule has 6 rings (SSSR count). The van der Waals surface area contributed by atoms with Crippen molar-refractivity contribution in [3.05, 3.63) is 59.2 Å². The van der Waals surface area contributed by atoms with E-state index in [0.717, 1.165) is 33.3 Å². The normalized spacial score (nSPS) is 25.2. The Morgan fingerprint density at radius 2 is 1.12 bits per heavy atom. The summed E-state index contributed by atoms with van der Waals surface area (Å²) in [6.45, 7) is 0.650. The van der Waals surface area contributed by atoms with Crippen LogP contribution in [0.15, 0.2) is 36.4 Å². The molecule has 4 nitrogen and oxygen atoms in total. The minimum absolute atomic E-state index is 0.0353. The van der Waals surface area contributed by atoms with E-state index in [2.05, 4.69) is 20.6 Å². The summed E-state index contributed by atoms with van der Waals surface area (Å²) in [6, 6.07) is 9.18. The van der Waals surface area contributed by atoms with E-state index in [1.807, 2.05) is 0 Å². The smallest absolute Gasteiger partial charge is 0.125 e. The molecule has 4 aromatic rings. The summed E-state index contributed by atoms with van der Waals surface area (Å²) in [4.78, 5) is 6.75. The van der Waals surface area contributed by atoms with E-state index in [-0.39, 0.29) is 23.7 Å². The molecule has 8 heteroatoms. The highest BCUT2D eigenvalue weighted by Gasteiger charge is 2.29. The second-order valence-electron chi connectivity index (χ2n) is 9.62. The summed E-state index contributed by atoms with van der Waals surface area (Å²) >= 11 is 0. The first kappa shape index (κ1) is 21.7. The van der Waals surface area contributed by atoms with Crippen LogP contribution in [0.2, 0.25) is 0 Å². The second-order valence-corrected chi connectivity index (χ2v) is 9.62. The van der Waals surface area contributed by atoms with Crippen molar-refractivity contribution in [2.75, 3.05) is 13.1 Å². The van der Waals surface area contributed by atoms with Crippen LogP contribution in [0.4, 0.5) is 17.6 Å². The maximum Gasteiger partial charge on any atom is 0.125 e. The largest absolute Gasteiger partial charge is 0.353 e. The quantitative estimate of drug-likeness (QED) is 0.308. The third-order valence-corrected chi connectivity index (χ3v) is 7.22. The van der Waals surface area contributed by atoms with Gasteiger partial charge in [0.2, 0.25) is 0 Å². The second kappa shape index (κ2) is 8.43. The van der Waals surface area contributed by atoms with Gasteiger partial charge in [-0.25, -0.2) is 17.6 Å². The number of hydrogen-bond donors (Lipinski definition) is 4. The van der Waals surface area contributed by atoms with Crippen LogP contribution >= 0.6 is 0 Å². The lowest BCUT2D eigenvalue weighted by molar-refractivity contribution is 0.354. The third-order valence-electron chi connectivity index (χ3n) is 7.22. The van der Waals surface area contributed by atoms with E-state index in [1.165, 1.54) is 24.3 Å². The Hall–Kier alpha value is -2.84. The summed E-state index contributed by atoms with van der Waals surface area (Å²) in [5, 5.41) is 8.22. The molecule has 2 aromatic carbocycles. The molecular weight excluding hydrogens is 444 g/mol. The van der Waals surface area contributed by atoms with Gasteiger partial charge in [-0.05, 0) is 73.2 Å². The van der Waals surface area contributed by atoms with Crippen molar-refractivity contribution < 1.29 is 17.6 Å². The zero-order valence-corrected chi connectivity index (χ0v) is 18.5. The predicted molar refractivity (Wildman–Crippen MR) is 126 cm³/mol. The highest BCUT2D eigenvalue weighted by Crippen LogP contribution is 2.38. The number of aromatic nitrogens is 2. The standard InChI is InChI=1S/C26H26F4N4/c27-13-1-3-19-21(9-17-5-15(29)11-31-17)25(33-23(19)7-13)26-22(10-18-6-16(30)12-32-18)20-4-2-14(28)8-24(20)34-26/h1-4,7-8,15-18,31-34H,5-6,9-12H2/t15-,16-,17-,18-/m0/s1. The molecule has 178 valence electrons. The van der Waals surface area contributed by atoms with E-state index in [9.17, 15) is 17.6 Å². The van der Waals surface area contributed by atoms with Gasteiger partial charge in [0, 0.05) is 47.0 Å². The van der Waals surface area contributed by atoms with E-state index in [4.69, 9.17) is 0 Å². The monoisotopic (exact) mass is 470 g/mol. The first-order valence-electron chi connectivity index (χ1n) is 11.8. The molecule has 4 atom stereocenters. The van der Waals surface area contributed by atoms with Crippen LogP contribution in [-0.4, -0.2) is 47.5 Å². The van der Waals surface area contributed by atoms with Crippen molar-refractivity contribution in [2.45, 2.75) is 50.1 Å². The van der Waals surface area contributed by atoms with Gasteiger partial charge in [-0.15, -0.1) is 0 Å². The highest BCUT2D eigenvalue weighted by molar-refractivity contribution is 5.96. The molecule has 4 N–H and O–H groups in total. The van der Waals surface area contributed by atoms with Crippen molar-refractivity contribution in [3.8, 4) is 11.4 Å². The SMILES string of the molecule is Fc1ccc2c(C[C@@H]3C[C@H](F)CN3)c(-c3[nH]c4cc(F)ccc4c3C[C@@H]3C[C@H](F)CN3)[nH]c2c1. The predicted octanol–water partition coefficient (Wildman–Crippen LogP) is 5.08. The summed E-state index contributed by atoms with van der Waals surface area (Å²) < 4.78 is 55.9. The van der Waals surface area contributed by atoms with E-state index >= 15 is 0 Å². The number of fused-ring (bicyclic) bond motifs is 2. The first-order chi connectivity index (χ1) is 16.4. The average molecular weight is 471 g/mol. The van der Waals surface area contributed by atoms with Crippen LogP contribution in [0.3, 0.4) is 0 Å². The Labute approximate surface area is 194 Å². The van der Waals surface area contributed by atoms with Crippen molar-refractivity contribution in [3.63, 3.8) is 0 Å². The summed E-state index contributed by atoms with van der Waals surface area (Å²) in [7, 11) is 0. The molecule has 2 aliphatic heterocycles. The minimum atomic E-state index is -0.884. The Kier molecular flexibility index (Phi) is 5.37. The first-order valence-corrected chi connectivity index (χ1v) is 11.8. The number of alkyl halides is 2. The van der Waals surface area contributed by atoms with Gasteiger partial charge < -0.3 is 20.6 Å². The molecular formula is C26H26F4N4. The molecule has 2 saturated heterocycles. The van der Waals surface area contributed by atoms with E-state index in [0.29, 0.717) is 49.8 Å². The van der Waals surface area contributed by atoms with Gasteiger partial charge in [-0.3, -0.25) is 0 Å². The molecule has 0 bridgehead atoms. The third kappa shape index (κ3) is 3.88. The summed E-state index contributed by atoms with van der Waals surface area (Å²) in [5.41, 5.74) is 4.78. The number of nitrogens with one attached hydrogen (secondary N) is 4. The molecule has 0 radical (unpaired) electrons. The summed E-state index contributed by atoms with van der Waals surface area (Å²) in [5.74, 6) is -0.699. The number of benzene rings is 2. The van der Waals surface area contributed by atoms with Crippen molar-refractivity contribution in [1.29, 1.82) is 0 Å².